The van der Waals surface area contributed by atoms with E-state index in [1.807, 2.05) is 6.92 Å². The maximum atomic E-state index is 10.6. The molecule has 0 saturated carbocycles. The first kappa shape index (κ1) is 12.3. The number of hydrogen-bond donors (Lipinski definition) is 2. The maximum Gasteiger partial charge on any atom is 0.371 e. The predicted molar refractivity (Wildman–Crippen MR) is 56.8 cm³/mol. The molecule has 16 heavy (non-hydrogen) atoms. The summed E-state index contributed by atoms with van der Waals surface area (Å²) in [6.45, 7) is 2.42. The number of hydrogen-bond acceptors (Lipinski definition) is 4. The molecule has 1 heterocycles. The van der Waals surface area contributed by atoms with E-state index in [-0.39, 0.29) is 11.8 Å². The van der Waals surface area contributed by atoms with Crippen molar-refractivity contribution < 1.29 is 14.3 Å². The van der Waals surface area contributed by atoms with Gasteiger partial charge in [0.2, 0.25) is 5.76 Å². The van der Waals surface area contributed by atoms with E-state index in [0.717, 1.165) is 6.42 Å². The smallest absolute Gasteiger partial charge is 0.371 e. The van der Waals surface area contributed by atoms with Crippen LogP contribution in [0.4, 0.5) is 0 Å². The Kier molecular flexibility index (Phi) is 4.55. The van der Waals surface area contributed by atoms with Gasteiger partial charge in [-0.15, -0.1) is 0 Å². The lowest BCUT2D eigenvalue weighted by molar-refractivity contribution is 0.0660. The predicted octanol–water partition coefficient (Wildman–Crippen LogP) is 1.76. The minimum atomic E-state index is -1.07. The molecule has 5 heteroatoms. The fourth-order valence-electron chi connectivity index (χ4n) is 1.30. The lowest BCUT2D eigenvalue weighted by Gasteiger charge is -2.11. The summed E-state index contributed by atoms with van der Waals surface area (Å²) in [6, 6.07) is 5.25. The van der Waals surface area contributed by atoms with Crippen LogP contribution in [0.15, 0.2) is 16.5 Å². The van der Waals surface area contributed by atoms with Crippen LogP contribution in [0.1, 0.15) is 36.1 Å². The third kappa shape index (κ3) is 3.41. The molecule has 0 aliphatic rings. The number of nitrogens with zero attached hydrogens (tertiary/aromatic N) is 1. The Morgan fingerprint density at radius 1 is 1.69 bits per heavy atom. The molecule has 0 fully saturated rings. The van der Waals surface area contributed by atoms with Gasteiger partial charge in [-0.05, 0) is 18.6 Å². The van der Waals surface area contributed by atoms with E-state index in [4.69, 9.17) is 14.8 Å². The molecule has 1 atom stereocenters. The fourth-order valence-corrected chi connectivity index (χ4v) is 1.30. The van der Waals surface area contributed by atoms with Crippen LogP contribution in [0.5, 0.6) is 0 Å². The Bertz CT molecular complexity index is 392. The molecule has 0 amide bonds. The molecule has 0 spiro atoms. The Morgan fingerprint density at radius 3 is 2.94 bits per heavy atom. The van der Waals surface area contributed by atoms with Gasteiger partial charge in [-0.25, -0.2) is 4.79 Å². The molecular formula is C11H14N2O3. The van der Waals surface area contributed by atoms with Crippen LogP contribution in [-0.2, 0) is 6.54 Å². The standard InChI is InChI=1S/C11H14N2O3/c1-2-8(5-6-12)13-7-9-3-4-10(16-9)11(14)15/h3-4,8,13H,2,5,7H2,1H3,(H,14,15). The van der Waals surface area contributed by atoms with E-state index >= 15 is 0 Å². The summed E-state index contributed by atoms with van der Waals surface area (Å²) in [5.41, 5.74) is 0. The van der Waals surface area contributed by atoms with Crippen LogP contribution in [0, 0.1) is 11.3 Å². The van der Waals surface area contributed by atoms with Gasteiger partial charge in [0.15, 0.2) is 0 Å². The Balaban J connectivity index is 2.47. The molecule has 0 radical (unpaired) electrons. The van der Waals surface area contributed by atoms with Gasteiger partial charge in [-0.1, -0.05) is 6.92 Å². The molecule has 1 aromatic rings. The summed E-state index contributed by atoms with van der Waals surface area (Å²) >= 11 is 0. The van der Waals surface area contributed by atoms with Crippen LogP contribution in [0.3, 0.4) is 0 Å². The van der Waals surface area contributed by atoms with Gasteiger partial charge < -0.3 is 14.8 Å². The third-order valence-corrected chi connectivity index (χ3v) is 2.27. The van der Waals surface area contributed by atoms with Gasteiger partial charge in [0.1, 0.15) is 5.76 Å². The second-order valence-electron chi connectivity index (χ2n) is 3.42. The van der Waals surface area contributed by atoms with Gasteiger partial charge in [0, 0.05) is 6.04 Å². The maximum absolute atomic E-state index is 10.6. The zero-order chi connectivity index (χ0) is 12.0. The zero-order valence-electron chi connectivity index (χ0n) is 9.06. The number of nitriles is 1. The van der Waals surface area contributed by atoms with E-state index in [0.29, 0.717) is 18.7 Å². The molecule has 2 N–H and O–H groups in total. The first-order valence-electron chi connectivity index (χ1n) is 5.09. The van der Waals surface area contributed by atoms with E-state index in [1.54, 1.807) is 6.07 Å². The molecular weight excluding hydrogens is 208 g/mol. The Labute approximate surface area is 93.7 Å². The molecule has 0 aliphatic heterocycles. The van der Waals surface area contributed by atoms with E-state index in [1.165, 1.54) is 6.07 Å². The summed E-state index contributed by atoms with van der Waals surface area (Å²) in [5.74, 6) is -0.575. The number of rotatable bonds is 6. The van der Waals surface area contributed by atoms with Gasteiger partial charge in [-0.2, -0.15) is 5.26 Å². The summed E-state index contributed by atoms with van der Waals surface area (Å²) in [7, 11) is 0. The highest BCUT2D eigenvalue weighted by Crippen LogP contribution is 2.08. The Morgan fingerprint density at radius 2 is 2.44 bits per heavy atom. The van der Waals surface area contributed by atoms with E-state index in [2.05, 4.69) is 11.4 Å². The molecule has 86 valence electrons. The van der Waals surface area contributed by atoms with E-state index in [9.17, 15) is 4.79 Å². The van der Waals surface area contributed by atoms with Crippen molar-refractivity contribution in [3.8, 4) is 6.07 Å². The van der Waals surface area contributed by atoms with Crippen LogP contribution >= 0.6 is 0 Å². The van der Waals surface area contributed by atoms with Gasteiger partial charge in [0.25, 0.3) is 0 Å². The van der Waals surface area contributed by atoms with Gasteiger partial charge in [0.05, 0.1) is 19.0 Å². The number of carboxylic acids is 1. The summed E-state index contributed by atoms with van der Waals surface area (Å²) in [6.07, 6.45) is 1.28. The van der Waals surface area contributed by atoms with Crippen molar-refractivity contribution in [2.24, 2.45) is 0 Å². The monoisotopic (exact) mass is 222 g/mol. The highest BCUT2D eigenvalue weighted by atomic mass is 16.4. The summed E-state index contributed by atoms with van der Waals surface area (Å²) in [4.78, 5) is 10.6. The molecule has 1 aromatic heterocycles. The minimum absolute atomic E-state index is 0.0647. The highest BCUT2D eigenvalue weighted by Gasteiger charge is 2.10. The molecule has 0 aliphatic carbocycles. The van der Waals surface area contributed by atoms with Crippen molar-refractivity contribution in [2.75, 3.05) is 0 Å². The molecule has 5 nitrogen and oxygen atoms in total. The second kappa shape index (κ2) is 5.93. The zero-order valence-corrected chi connectivity index (χ0v) is 9.06. The second-order valence-corrected chi connectivity index (χ2v) is 3.42. The molecule has 1 unspecified atom stereocenters. The van der Waals surface area contributed by atoms with Crippen molar-refractivity contribution in [1.82, 2.24) is 5.32 Å². The van der Waals surface area contributed by atoms with Gasteiger partial charge >= 0.3 is 5.97 Å². The number of carbonyl (C=O) groups is 1. The molecule has 1 rings (SSSR count). The van der Waals surface area contributed by atoms with Crippen molar-refractivity contribution in [1.29, 1.82) is 5.26 Å². The SMILES string of the molecule is CCC(CC#N)NCc1ccc(C(=O)O)o1. The Hall–Kier alpha value is -1.80. The number of furan rings is 1. The average molecular weight is 222 g/mol. The van der Waals surface area contributed by atoms with E-state index < -0.39 is 5.97 Å². The largest absolute Gasteiger partial charge is 0.475 e. The van der Waals surface area contributed by atoms with Crippen molar-refractivity contribution >= 4 is 5.97 Å². The third-order valence-electron chi connectivity index (χ3n) is 2.27. The lowest BCUT2D eigenvalue weighted by Crippen LogP contribution is -2.27. The quantitative estimate of drug-likeness (QED) is 0.765. The molecule has 0 bridgehead atoms. The lowest BCUT2D eigenvalue weighted by atomic mass is 10.1. The number of carboxylic acid groups (broad SMARTS) is 1. The summed E-state index contributed by atoms with van der Waals surface area (Å²) in [5, 5.41) is 20.3. The highest BCUT2D eigenvalue weighted by molar-refractivity contribution is 5.84. The topological polar surface area (TPSA) is 86.3 Å². The van der Waals surface area contributed by atoms with Crippen molar-refractivity contribution in [3.63, 3.8) is 0 Å². The molecule has 0 aromatic carbocycles. The van der Waals surface area contributed by atoms with Crippen LogP contribution in [0.25, 0.3) is 0 Å². The minimum Gasteiger partial charge on any atom is -0.475 e. The fraction of sp³-hybridized carbons (Fsp3) is 0.455. The first-order valence-corrected chi connectivity index (χ1v) is 5.09. The number of aromatic carboxylic acids is 1. The normalized spacial score (nSPS) is 12.0. The van der Waals surface area contributed by atoms with Crippen LogP contribution in [0.2, 0.25) is 0 Å². The summed E-state index contributed by atoms with van der Waals surface area (Å²) < 4.78 is 5.07. The van der Waals surface area contributed by atoms with Crippen LogP contribution in [-0.4, -0.2) is 17.1 Å². The molecule has 0 saturated heterocycles. The average Bonchev–Trinajstić information content (AvgIpc) is 2.73. The number of nitrogens with one attached hydrogen (secondary N) is 1. The van der Waals surface area contributed by atoms with Crippen molar-refractivity contribution in [2.45, 2.75) is 32.4 Å². The first-order chi connectivity index (χ1) is 7.67. The van der Waals surface area contributed by atoms with Crippen molar-refractivity contribution in [3.05, 3.63) is 23.7 Å². The van der Waals surface area contributed by atoms with Gasteiger partial charge in [-0.3, -0.25) is 0 Å². The van der Waals surface area contributed by atoms with Crippen LogP contribution < -0.4 is 5.32 Å².